The SMILES string of the molecule is O=C(O)NCCCC(O)(c1cc(F)cc(Cl)c1)C1CCCNC1. The predicted molar refractivity (Wildman–Crippen MR) is 86.2 cm³/mol. The molecule has 0 saturated carbocycles. The Kier molecular flexibility index (Phi) is 6.21. The standard InChI is InChI=1S/C16H22ClFN2O3/c17-13-7-12(8-14(18)9-13)16(23,4-2-6-20-15(21)22)11-3-1-5-19-10-11/h7-9,11,19-20,23H,1-6,10H2,(H,21,22). The lowest BCUT2D eigenvalue weighted by molar-refractivity contribution is -0.0422. The second-order valence-corrected chi connectivity index (χ2v) is 6.40. The average molecular weight is 345 g/mol. The Labute approximate surface area is 139 Å². The molecular formula is C16H22ClFN2O3. The number of amides is 1. The normalized spacial score (nSPS) is 20.7. The van der Waals surface area contributed by atoms with Gasteiger partial charge in [-0.15, -0.1) is 0 Å². The van der Waals surface area contributed by atoms with Gasteiger partial charge in [-0.2, -0.15) is 0 Å². The van der Waals surface area contributed by atoms with Crippen molar-refractivity contribution < 1.29 is 19.4 Å². The molecule has 0 spiro atoms. The van der Waals surface area contributed by atoms with Crippen LogP contribution in [0.2, 0.25) is 5.02 Å². The molecule has 0 bridgehead atoms. The van der Waals surface area contributed by atoms with E-state index in [1.165, 1.54) is 12.1 Å². The van der Waals surface area contributed by atoms with Gasteiger partial charge in [0.25, 0.3) is 0 Å². The zero-order valence-electron chi connectivity index (χ0n) is 12.8. The van der Waals surface area contributed by atoms with E-state index in [1.807, 2.05) is 0 Å². The molecule has 1 amide bonds. The van der Waals surface area contributed by atoms with Gasteiger partial charge in [0, 0.05) is 24.0 Å². The number of hydrogen-bond donors (Lipinski definition) is 4. The molecule has 1 aliphatic heterocycles. The summed E-state index contributed by atoms with van der Waals surface area (Å²) in [5.74, 6) is -0.558. The van der Waals surface area contributed by atoms with Crippen molar-refractivity contribution in [3.8, 4) is 0 Å². The number of aliphatic hydroxyl groups is 1. The van der Waals surface area contributed by atoms with Gasteiger partial charge in [-0.3, -0.25) is 0 Å². The monoisotopic (exact) mass is 344 g/mol. The van der Waals surface area contributed by atoms with Crippen LogP contribution in [0.3, 0.4) is 0 Å². The molecule has 1 aliphatic rings. The summed E-state index contributed by atoms with van der Waals surface area (Å²) in [4.78, 5) is 10.5. The molecular weight excluding hydrogens is 323 g/mol. The van der Waals surface area contributed by atoms with Crippen LogP contribution in [0.4, 0.5) is 9.18 Å². The first kappa shape index (κ1) is 18.0. The molecule has 7 heteroatoms. The van der Waals surface area contributed by atoms with Gasteiger partial charge < -0.3 is 20.8 Å². The van der Waals surface area contributed by atoms with E-state index in [0.29, 0.717) is 24.9 Å². The minimum Gasteiger partial charge on any atom is -0.465 e. The summed E-state index contributed by atoms with van der Waals surface area (Å²) in [5.41, 5.74) is -0.786. The molecule has 1 fully saturated rings. The highest BCUT2D eigenvalue weighted by molar-refractivity contribution is 6.30. The van der Waals surface area contributed by atoms with Crippen LogP contribution in [0.5, 0.6) is 0 Å². The number of rotatable bonds is 6. The minimum atomic E-state index is -1.24. The van der Waals surface area contributed by atoms with Crippen molar-refractivity contribution in [1.82, 2.24) is 10.6 Å². The van der Waals surface area contributed by atoms with Crippen LogP contribution in [0.25, 0.3) is 0 Å². The lowest BCUT2D eigenvalue weighted by Crippen LogP contribution is -2.44. The van der Waals surface area contributed by atoms with Gasteiger partial charge in [-0.05, 0) is 56.0 Å². The van der Waals surface area contributed by atoms with Gasteiger partial charge in [0.05, 0.1) is 5.60 Å². The molecule has 1 saturated heterocycles. The Hall–Kier alpha value is -1.37. The van der Waals surface area contributed by atoms with Gasteiger partial charge >= 0.3 is 6.09 Å². The summed E-state index contributed by atoms with van der Waals surface area (Å²) < 4.78 is 13.7. The highest BCUT2D eigenvalue weighted by Crippen LogP contribution is 2.39. The summed E-state index contributed by atoms with van der Waals surface area (Å²) in [6, 6.07) is 4.10. The second kappa shape index (κ2) is 7.95. The minimum absolute atomic E-state index is 0.0704. The smallest absolute Gasteiger partial charge is 0.404 e. The Morgan fingerprint density at radius 2 is 2.26 bits per heavy atom. The van der Waals surface area contributed by atoms with Gasteiger partial charge in [0.1, 0.15) is 5.82 Å². The van der Waals surface area contributed by atoms with Crippen LogP contribution in [0.15, 0.2) is 18.2 Å². The molecule has 1 heterocycles. The van der Waals surface area contributed by atoms with E-state index >= 15 is 0 Å². The lowest BCUT2D eigenvalue weighted by Gasteiger charge is -2.39. The molecule has 0 radical (unpaired) electrons. The molecule has 0 aliphatic carbocycles. The number of piperidine rings is 1. The van der Waals surface area contributed by atoms with Crippen molar-refractivity contribution in [3.63, 3.8) is 0 Å². The first-order chi connectivity index (χ1) is 10.9. The summed E-state index contributed by atoms with van der Waals surface area (Å²) in [5, 5.41) is 25.7. The van der Waals surface area contributed by atoms with E-state index in [9.17, 15) is 14.3 Å². The number of hydrogen-bond acceptors (Lipinski definition) is 3. The van der Waals surface area contributed by atoms with E-state index in [2.05, 4.69) is 10.6 Å². The van der Waals surface area contributed by atoms with E-state index < -0.39 is 17.5 Å². The van der Waals surface area contributed by atoms with Crippen molar-refractivity contribution in [2.24, 2.45) is 5.92 Å². The van der Waals surface area contributed by atoms with Gasteiger partial charge in [0.15, 0.2) is 0 Å². The molecule has 2 rings (SSSR count). The molecule has 1 aromatic rings. The fourth-order valence-electron chi connectivity index (χ4n) is 3.20. The van der Waals surface area contributed by atoms with Crippen molar-refractivity contribution in [3.05, 3.63) is 34.6 Å². The van der Waals surface area contributed by atoms with Crippen molar-refractivity contribution in [1.29, 1.82) is 0 Å². The molecule has 128 valence electrons. The molecule has 2 unspecified atom stereocenters. The van der Waals surface area contributed by atoms with E-state index in [1.54, 1.807) is 6.07 Å². The van der Waals surface area contributed by atoms with Crippen LogP contribution >= 0.6 is 11.6 Å². The number of nitrogens with one attached hydrogen (secondary N) is 2. The van der Waals surface area contributed by atoms with Crippen molar-refractivity contribution >= 4 is 17.7 Å². The zero-order valence-corrected chi connectivity index (χ0v) is 13.6. The number of carbonyl (C=O) groups is 1. The molecule has 2 atom stereocenters. The topological polar surface area (TPSA) is 81.6 Å². The van der Waals surface area contributed by atoms with Crippen molar-refractivity contribution in [2.75, 3.05) is 19.6 Å². The Balaban J connectivity index is 2.20. The predicted octanol–water partition coefficient (Wildman–Crippen LogP) is 2.71. The summed E-state index contributed by atoms with van der Waals surface area (Å²) in [7, 11) is 0. The molecule has 4 N–H and O–H groups in total. The van der Waals surface area contributed by atoms with E-state index in [0.717, 1.165) is 19.4 Å². The van der Waals surface area contributed by atoms with Crippen LogP contribution < -0.4 is 10.6 Å². The second-order valence-electron chi connectivity index (χ2n) is 5.96. The molecule has 1 aromatic carbocycles. The Morgan fingerprint density at radius 1 is 1.48 bits per heavy atom. The Bertz CT molecular complexity index is 532. The Morgan fingerprint density at radius 3 is 2.87 bits per heavy atom. The number of halogens is 2. The third-order valence-corrected chi connectivity index (χ3v) is 4.56. The first-order valence-electron chi connectivity index (χ1n) is 7.78. The summed E-state index contributed by atoms with van der Waals surface area (Å²) >= 11 is 5.94. The summed E-state index contributed by atoms with van der Waals surface area (Å²) in [6.45, 7) is 1.77. The van der Waals surface area contributed by atoms with Crippen LogP contribution in [-0.2, 0) is 5.60 Å². The lowest BCUT2D eigenvalue weighted by atomic mass is 9.74. The van der Waals surface area contributed by atoms with Crippen LogP contribution in [0.1, 0.15) is 31.2 Å². The van der Waals surface area contributed by atoms with Crippen molar-refractivity contribution in [2.45, 2.75) is 31.3 Å². The molecule has 5 nitrogen and oxygen atoms in total. The highest BCUT2D eigenvalue weighted by atomic mass is 35.5. The first-order valence-corrected chi connectivity index (χ1v) is 8.16. The summed E-state index contributed by atoms with van der Waals surface area (Å²) in [6.07, 6.45) is 1.45. The van der Waals surface area contributed by atoms with Crippen LogP contribution in [-0.4, -0.2) is 35.9 Å². The van der Waals surface area contributed by atoms with Gasteiger partial charge in [-0.25, -0.2) is 9.18 Å². The van der Waals surface area contributed by atoms with Gasteiger partial charge in [0.2, 0.25) is 0 Å². The third kappa shape index (κ3) is 4.80. The average Bonchev–Trinajstić information content (AvgIpc) is 2.51. The van der Waals surface area contributed by atoms with Crippen LogP contribution in [0, 0.1) is 11.7 Å². The third-order valence-electron chi connectivity index (χ3n) is 4.35. The zero-order chi connectivity index (χ0) is 16.9. The quantitative estimate of drug-likeness (QED) is 0.598. The maximum atomic E-state index is 13.7. The fourth-order valence-corrected chi connectivity index (χ4v) is 3.42. The maximum Gasteiger partial charge on any atom is 0.404 e. The number of benzene rings is 1. The molecule has 0 aromatic heterocycles. The van der Waals surface area contributed by atoms with E-state index in [4.69, 9.17) is 16.7 Å². The number of carboxylic acid groups (broad SMARTS) is 1. The van der Waals surface area contributed by atoms with Gasteiger partial charge in [-0.1, -0.05) is 11.6 Å². The largest absolute Gasteiger partial charge is 0.465 e. The molecule has 23 heavy (non-hydrogen) atoms. The maximum absolute atomic E-state index is 13.7. The fraction of sp³-hybridized carbons (Fsp3) is 0.562. The highest BCUT2D eigenvalue weighted by Gasteiger charge is 2.39. The van der Waals surface area contributed by atoms with E-state index in [-0.39, 0.29) is 17.5 Å².